The van der Waals surface area contributed by atoms with Crippen LogP contribution in [0.2, 0.25) is 0 Å². The van der Waals surface area contributed by atoms with Crippen molar-refractivity contribution < 1.29 is 0 Å². The summed E-state index contributed by atoms with van der Waals surface area (Å²) in [5.41, 5.74) is 5.86. The molecule has 6 heteroatoms. The Morgan fingerprint density at radius 3 is 2.69 bits per heavy atom. The first kappa shape index (κ1) is 10.1. The van der Waals surface area contributed by atoms with Gasteiger partial charge in [-0.15, -0.1) is 10.2 Å². The molecule has 0 bridgehead atoms. The van der Waals surface area contributed by atoms with Crippen LogP contribution in [0, 0.1) is 0 Å². The van der Waals surface area contributed by atoms with Gasteiger partial charge >= 0.3 is 0 Å². The molecule has 0 aliphatic carbocycles. The maximum absolute atomic E-state index is 5.86. The molecule has 0 saturated carbocycles. The Hall–Kier alpha value is -1.01. The van der Waals surface area contributed by atoms with Crippen LogP contribution < -0.4 is 5.73 Å². The van der Waals surface area contributed by atoms with E-state index in [2.05, 4.69) is 15.4 Å². The molecule has 1 aromatic heterocycles. The van der Waals surface area contributed by atoms with Crippen LogP contribution in [-0.4, -0.2) is 51.8 Å². The lowest BCUT2D eigenvalue weighted by Crippen LogP contribution is -2.35. The molecule has 1 unspecified atom stereocenters. The number of aromatic nitrogens is 4. The van der Waals surface area contributed by atoms with E-state index in [0.29, 0.717) is 12.2 Å². The Kier molecular flexibility index (Phi) is 3.32. The molecule has 13 heavy (non-hydrogen) atoms. The van der Waals surface area contributed by atoms with E-state index in [-0.39, 0.29) is 6.04 Å². The number of nitrogens with two attached hydrogens (primary N) is 1. The van der Waals surface area contributed by atoms with Crippen molar-refractivity contribution >= 4 is 0 Å². The zero-order chi connectivity index (χ0) is 9.84. The maximum atomic E-state index is 5.86. The van der Waals surface area contributed by atoms with Crippen LogP contribution in [0.1, 0.15) is 5.82 Å². The van der Waals surface area contributed by atoms with Crippen LogP contribution in [0.15, 0.2) is 0 Å². The van der Waals surface area contributed by atoms with Crippen LogP contribution in [0.3, 0.4) is 0 Å². The minimum atomic E-state index is 0.0687. The molecule has 0 aromatic carbocycles. The van der Waals surface area contributed by atoms with E-state index in [4.69, 9.17) is 5.73 Å². The summed E-state index contributed by atoms with van der Waals surface area (Å²) in [6.45, 7) is 0.832. The van der Waals surface area contributed by atoms with Crippen molar-refractivity contribution in [3.05, 3.63) is 5.82 Å². The van der Waals surface area contributed by atoms with Crippen molar-refractivity contribution in [2.24, 2.45) is 12.8 Å². The minimum Gasteiger partial charge on any atom is -0.326 e. The summed E-state index contributed by atoms with van der Waals surface area (Å²) in [6, 6.07) is 0.0687. The summed E-state index contributed by atoms with van der Waals surface area (Å²) >= 11 is 0. The summed E-state index contributed by atoms with van der Waals surface area (Å²) in [4.78, 5) is 3.48. The topological polar surface area (TPSA) is 72.9 Å². The zero-order valence-corrected chi connectivity index (χ0v) is 8.30. The quantitative estimate of drug-likeness (QED) is 0.626. The predicted octanol–water partition coefficient (Wildman–Crippen LogP) is -1.36. The first-order chi connectivity index (χ1) is 6.08. The molecule has 0 spiro atoms. The van der Waals surface area contributed by atoms with Crippen molar-refractivity contribution in [1.29, 1.82) is 0 Å². The number of tetrazole rings is 1. The van der Waals surface area contributed by atoms with Crippen molar-refractivity contribution in [2.75, 3.05) is 20.6 Å². The van der Waals surface area contributed by atoms with Gasteiger partial charge in [-0.1, -0.05) is 0 Å². The lowest BCUT2D eigenvalue weighted by Gasteiger charge is -2.14. The molecular formula is C7H16N6. The van der Waals surface area contributed by atoms with Crippen LogP contribution in [0.25, 0.3) is 0 Å². The van der Waals surface area contributed by atoms with E-state index >= 15 is 0 Å². The number of nitrogens with zero attached hydrogens (tertiary/aromatic N) is 5. The maximum Gasteiger partial charge on any atom is 0.176 e. The predicted molar refractivity (Wildman–Crippen MR) is 49.0 cm³/mol. The monoisotopic (exact) mass is 184 g/mol. The highest BCUT2D eigenvalue weighted by atomic mass is 15.6. The summed E-state index contributed by atoms with van der Waals surface area (Å²) in [5, 5.41) is 11.7. The highest BCUT2D eigenvalue weighted by molar-refractivity contribution is 4.83. The normalized spacial score (nSPS) is 13.6. The molecule has 0 amide bonds. The van der Waals surface area contributed by atoms with Gasteiger partial charge in [-0.3, -0.25) is 0 Å². The fourth-order valence-corrected chi connectivity index (χ4v) is 1.17. The van der Waals surface area contributed by atoms with Gasteiger partial charge in [-0.25, -0.2) is 0 Å². The molecule has 1 heterocycles. The third-order valence-corrected chi connectivity index (χ3v) is 1.59. The van der Waals surface area contributed by atoms with Gasteiger partial charge in [0.15, 0.2) is 5.82 Å². The number of hydrogen-bond acceptors (Lipinski definition) is 5. The minimum absolute atomic E-state index is 0.0687. The Morgan fingerprint density at radius 2 is 2.23 bits per heavy atom. The number of likely N-dealkylation sites (N-methyl/N-ethyl adjacent to an activating group) is 1. The van der Waals surface area contributed by atoms with Crippen molar-refractivity contribution in [2.45, 2.75) is 12.5 Å². The standard InChI is InChI=1S/C7H16N6/c1-12(2)5-6(8)4-7-9-11-13(3)10-7/h6H,4-5,8H2,1-3H3. The lowest BCUT2D eigenvalue weighted by molar-refractivity contribution is 0.369. The Balaban J connectivity index is 2.40. The molecule has 2 N–H and O–H groups in total. The van der Waals surface area contributed by atoms with Crippen molar-refractivity contribution in [3.63, 3.8) is 0 Å². The van der Waals surface area contributed by atoms with E-state index in [0.717, 1.165) is 6.54 Å². The lowest BCUT2D eigenvalue weighted by atomic mass is 10.2. The van der Waals surface area contributed by atoms with E-state index in [1.807, 2.05) is 19.0 Å². The fraction of sp³-hybridized carbons (Fsp3) is 0.857. The molecule has 0 aliphatic rings. The second-order valence-corrected chi connectivity index (χ2v) is 3.42. The smallest absolute Gasteiger partial charge is 0.176 e. The third kappa shape index (κ3) is 3.47. The molecule has 0 fully saturated rings. The SMILES string of the molecule is CN(C)CC(N)Cc1nnn(C)n1. The summed E-state index contributed by atoms with van der Waals surface area (Å²) in [6.07, 6.45) is 0.673. The van der Waals surface area contributed by atoms with Gasteiger partial charge in [-0.2, -0.15) is 4.80 Å². The molecule has 1 rings (SSSR count). The van der Waals surface area contributed by atoms with Gasteiger partial charge in [0.05, 0.1) is 7.05 Å². The van der Waals surface area contributed by atoms with Gasteiger partial charge in [0, 0.05) is 19.0 Å². The fourth-order valence-electron chi connectivity index (χ4n) is 1.17. The third-order valence-electron chi connectivity index (χ3n) is 1.59. The van der Waals surface area contributed by atoms with E-state index in [9.17, 15) is 0 Å². The highest BCUT2D eigenvalue weighted by Crippen LogP contribution is 1.93. The number of aryl methyl sites for hydroxylation is 1. The summed E-state index contributed by atoms with van der Waals surface area (Å²) in [7, 11) is 5.72. The van der Waals surface area contributed by atoms with Gasteiger partial charge in [0.2, 0.25) is 0 Å². The van der Waals surface area contributed by atoms with Crippen LogP contribution in [-0.2, 0) is 13.5 Å². The first-order valence-electron chi connectivity index (χ1n) is 4.21. The van der Waals surface area contributed by atoms with Crippen LogP contribution in [0.4, 0.5) is 0 Å². The second kappa shape index (κ2) is 4.29. The number of hydrogen-bond donors (Lipinski definition) is 1. The van der Waals surface area contributed by atoms with Gasteiger partial charge < -0.3 is 10.6 Å². The molecule has 1 atom stereocenters. The van der Waals surface area contributed by atoms with Crippen molar-refractivity contribution in [3.8, 4) is 0 Å². The Morgan fingerprint density at radius 1 is 1.54 bits per heavy atom. The van der Waals surface area contributed by atoms with Crippen LogP contribution in [0.5, 0.6) is 0 Å². The first-order valence-corrected chi connectivity index (χ1v) is 4.21. The molecule has 1 aromatic rings. The average Bonchev–Trinajstić information content (AvgIpc) is 2.33. The molecular weight excluding hydrogens is 168 g/mol. The van der Waals surface area contributed by atoms with Gasteiger partial charge in [0.1, 0.15) is 0 Å². The Labute approximate surface area is 77.7 Å². The zero-order valence-electron chi connectivity index (χ0n) is 8.30. The molecule has 0 radical (unpaired) electrons. The number of rotatable bonds is 4. The second-order valence-electron chi connectivity index (χ2n) is 3.42. The largest absolute Gasteiger partial charge is 0.326 e. The van der Waals surface area contributed by atoms with Gasteiger partial charge in [-0.05, 0) is 19.3 Å². The summed E-state index contributed by atoms with van der Waals surface area (Å²) in [5.74, 6) is 0.705. The highest BCUT2D eigenvalue weighted by Gasteiger charge is 2.08. The van der Waals surface area contributed by atoms with Crippen molar-refractivity contribution in [1.82, 2.24) is 25.1 Å². The molecule has 0 saturated heterocycles. The average molecular weight is 184 g/mol. The Bertz CT molecular complexity index is 255. The van der Waals surface area contributed by atoms with Gasteiger partial charge in [0.25, 0.3) is 0 Å². The molecule has 0 aliphatic heterocycles. The van der Waals surface area contributed by atoms with E-state index in [1.54, 1.807) is 7.05 Å². The van der Waals surface area contributed by atoms with Crippen LogP contribution >= 0.6 is 0 Å². The molecule has 6 nitrogen and oxygen atoms in total. The summed E-state index contributed by atoms with van der Waals surface area (Å²) < 4.78 is 0. The van der Waals surface area contributed by atoms with E-state index < -0.39 is 0 Å². The van der Waals surface area contributed by atoms with E-state index in [1.165, 1.54) is 4.80 Å². The molecule has 74 valence electrons.